The number of amides is 1. The number of fused-ring (bicyclic) bond motifs is 2. The maximum Gasteiger partial charge on any atom is 0.248 e. The molecule has 4 heteroatoms. The van der Waals surface area contributed by atoms with E-state index in [2.05, 4.69) is 35.3 Å². The van der Waals surface area contributed by atoms with E-state index in [4.69, 9.17) is 4.74 Å². The van der Waals surface area contributed by atoms with Crippen molar-refractivity contribution in [3.8, 4) is 0 Å². The summed E-state index contributed by atoms with van der Waals surface area (Å²) in [6.45, 7) is 4.39. The van der Waals surface area contributed by atoms with Crippen molar-refractivity contribution in [1.82, 2.24) is 9.88 Å². The SMILES string of the molecule is CCOCC(=O)N1CCC2(CCC(c3cccnc3)c3ccccc32)CC1. The van der Waals surface area contributed by atoms with Crippen molar-refractivity contribution in [3.63, 3.8) is 0 Å². The number of likely N-dealkylation sites (tertiary alicyclic amines) is 1. The van der Waals surface area contributed by atoms with Crippen molar-refractivity contribution in [2.45, 2.75) is 43.9 Å². The Balaban J connectivity index is 1.56. The van der Waals surface area contributed by atoms with Gasteiger partial charge in [0.15, 0.2) is 0 Å². The Labute approximate surface area is 161 Å². The van der Waals surface area contributed by atoms with Gasteiger partial charge in [0.1, 0.15) is 6.61 Å². The van der Waals surface area contributed by atoms with Crippen LogP contribution in [0.2, 0.25) is 0 Å². The highest BCUT2D eigenvalue weighted by atomic mass is 16.5. The summed E-state index contributed by atoms with van der Waals surface area (Å²) in [6.07, 6.45) is 8.26. The molecule has 0 saturated carbocycles. The maximum absolute atomic E-state index is 12.3. The van der Waals surface area contributed by atoms with Gasteiger partial charge >= 0.3 is 0 Å². The third-order valence-electron chi connectivity index (χ3n) is 6.41. The van der Waals surface area contributed by atoms with E-state index in [9.17, 15) is 4.79 Å². The second-order valence-electron chi connectivity index (χ2n) is 7.76. The fraction of sp³-hybridized carbons (Fsp3) is 0.478. The predicted molar refractivity (Wildman–Crippen MR) is 106 cm³/mol. The Kier molecular flexibility index (Phi) is 5.26. The lowest BCUT2D eigenvalue weighted by atomic mass is 9.61. The number of rotatable bonds is 4. The number of hydrogen-bond donors (Lipinski definition) is 0. The summed E-state index contributed by atoms with van der Waals surface area (Å²) in [4.78, 5) is 18.6. The van der Waals surface area contributed by atoms with Crippen LogP contribution in [0.1, 0.15) is 55.2 Å². The second-order valence-corrected chi connectivity index (χ2v) is 7.76. The van der Waals surface area contributed by atoms with Gasteiger partial charge in [-0.3, -0.25) is 9.78 Å². The van der Waals surface area contributed by atoms with Crippen molar-refractivity contribution in [2.24, 2.45) is 0 Å². The van der Waals surface area contributed by atoms with Crippen LogP contribution in [-0.2, 0) is 14.9 Å². The van der Waals surface area contributed by atoms with Gasteiger partial charge in [-0.1, -0.05) is 30.3 Å². The molecule has 4 rings (SSSR count). The molecule has 0 N–H and O–H groups in total. The van der Waals surface area contributed by atoms with Crippen LogP contribution in [0.4, 0.5) is 0 Å². The summed E-state index contributed by atoms with van der Waals surface area (Å²) in [5, 5.41) is 0. The van der Waals surface area contributed by atoms with Crippen LogP contribution in [0.25, 0.3) is 0 Å². The fourth-order valence-corrected chi connectivity index (χ4v) is 4.91. The summed E-state index contributed by atoms with van der Waals surface area (Å²) in [7, 11) is 0. The largest absolute Gasteiger partial charge is 0.372 e. The number of carbonyl (C=O) groups excluding carboxylic acids is 1. The van der Waals surface area contributed by atoms with Crippen LogP contribution < -0.4 is 0 Å². The van der Waals surface area contributed by atoms with E-state index in [0.717, 1.165) is 32.4 Å². The van der Waals surface area contributed by atoms with Crippen LogP contribution in [0.5, 0.6) is 0 Å². The van der Waals surface area contributed by atoms with Gasteiger partial charge in [0.25, 0.3) is 0 Å². The summed E-state index contributed by atoms with van der Waals surface area (Å²) in [6, 6.07) is 13.2. The number of carbonyl (C=O) groups is 1. The third-order valence-corrected chi connectivity index (χ3v) is 6.41. The molecular weight excluding hydrogens is 336 g/mol. The molecule has 1 aliphatic carbocycles. The molecular formula is C23H28N2O2. The molecule has 2 aromatic rings. The highest BCUT2D eigenvalue weighted by Crippen LogP contribution is 2.50. The summed E-state index contributed by atoms with van der Waals surface area (Å²) < 4.78 is 5.31. The molecule has 1 aromatic heterocycles. The minimum absolute atomic E-state index is 0.129. The van der Waals surface area contributed by atoms with E-state index in [1.54, 1.807) is 0 Å². The smallest absolute Gasteiger partial charge is 0.248 e. The number of hydrogen-bond acceptors (Lipinski definition) is 3. The maximum atomic E-state index is 12.3. The monoisotopic (exact) mass is 364 g/mol. The molecule has 2 heterocycles. The molecule has 1 saturated heterocycles. The molecule has 1 aliphatic heterocycles. The van der Waals surface area contributed by atoms with E-state index >= 15 is 0 Å². The lowest BCUT2D eigenvalue weighted by molar-refractivity contribution is -0.137. The van der Waals surface area contributed by atoms with Crippen LogP contribution >= 0.6 is 0 Å². The molecule has 1 unspecified atom stereocenters. The zero-order valence-electron chi connectivity index (χ0n) is 16.1. The van der Waals surface area contributed by atoms with E-state index in [0.29, 0.717) is 12.5 Å². The van der Waals surface area contributed by atoms with Gasteiger partial charge in [-0.2, -0.15) is 0 Å². The van der Waals surface area contributed by atoms with Gasteiger partial charge in [-0.15, -0.1) is 0 Å². The zero-order chi connectivity index (χ0) is 18.7. The van der Waals surface area contributed by atoms with Crippen LogP contribution in [0, 0.1) is 0 Å². The lowest BCUT2D eigenvalue weighted by Gasteiger charge is -2.47. The van der Waals surface area contributed by atoms with Gasteiger partial charge in [0.05, 0.1) is 0 Å². The molecule has 1 aromatic carbocycles. The summed E-state index contributed by atoms with van der Waals surface area (Å²) >= 11 is 0. The molecule has 0 radical (unpaired) electrons. The Morgan fingerprint density at radius 1 is 1.19 bits per heavy atom. The van der Waals surface area contributed by atoms with Gasteiger partial charge in [-0.05, 0) is 60.8 Å². The topological polar surface area (TPSA) is 42.4 Å². The normalized spacial score (nSPS) is 21.1. The number of benzene rings is 1. The molecule has 4 nitrogen and oxygen atoms in total. The van der Waals surface area contributed by atoms with Crippen LogP contribution in [0.3, 0.4) is 0 Å². The van der Waals surface area contributed by atoms with E-state index in [-0.39, 0.29) is 17.9 Å². The van der Waals surface area contributed by atoms with Crippen LogP contribution in [-0.4, -0.2) is 42.1 Å². The molecule has 1 amide bonds. The molecule has 2 aliphatic rings. The summed E-state index contributed by atoms with van der Waals surface area (Å²) in [5.74, 6) is 0.558. The number of pyridine rings is 1. The van der Waals surface area contributed by atoms with E-state index < -0.39 is 0 Å². The number of piperidine rings is 1. The molecule has 1 fully saturated rings. The van der Waals surface area contributed by atoms with Crippen molar-refractivity contribution >= 4 is 5.91 Å². The minimum atomic E-state index is 0.129. The third kappa shape index (κ3) is 3.51. The first kappa shape index (κ1) is 18.2. The van der Waals surface area contributed by atoms with E-state index in [1.165, 1.54) is 23.1 Å². The first-order valence-corrected chi connectivity index (χ1v) is 10.1. The van der Waals surface area contributed by atoms with Crippen LogP contribution in [0.15, 0.2) is 48.8 Å². The average molecular weight is 364 g/mol. The molecule has 142 valence electrons. The first-order chi connectivity index (χ1) is 13.2. The minimum Gasteiger partial charge on any atom is -0.372 e. The molecule has 1 atom stereocenters. The lowest BCUT2D eigenvalue weighted by Crippen LogP contribution is -2.47. The highest BCUT2D eigenvalue weighted by molar-refractivity contribution is 5.77. The van der Waals surface area contributed by atoms with Crippen molar-refractivity contribution < 1.29 is 9.53 Å². The predicted octanol–water partition coefficient (Wildman–Crippen LogP) is 3.90. The quantitative estimate of drug-likeness (QED) is 0.826. The number of ether oxygens (including phenoxy) is 1. The zero-order valence-corrected chi connectivity index (χ0v) is 16.1. The first-order valence-electron chi connectivity index (χ1n) is 10.1. The molecule has 27 heavy (non-hydrogen) atoms. The standard InChI is InChI=1S/C23H28N2O2/c1-2-27-17-22(26)25-14-11-23(12-15-25)10-9-19(18-6-5-13-24-16-18)20-7-3-4-8-21(20)23/h3-8,13,16,19H,2,9-12,14-15,17H2,1H3. The molecule has 1 spiro atoms. The second kappa shape index (κ2) is 7.81. The van der Waals surface area contributed by atoms with Gasteiger partial charge in [0.2, 0.25) is 5.91 Å². The Hall–Kier alpha value is -2.20. The van der Waals surface area contributed by atoms with E-state index in [1.807, 2.05) is 30.3 Å². The van der Waals surface area contributed by atoms with Crippen molar-refractivity contribution in [1.29, 1.82) is 0 Å². The highest BCUT2D eigenvalue weighted by Gasteiger charge is 2.42. The number of aromatic nitrogens is 1. The van der Waals surface area contributed by atoms with Crippen molar-refractivity contribution in [2.75, 3.05) is 26.3 Å². The van der Waals surface area contributed by atoms with Gasteiger partial charge in [-0.25, -0.2) is 0 Å². The van der Waals surface area contributed by atoms with Gasteiger partial charge < -0.3 is 9.64 Å². The Bertz CT molecular complexity index is 782. The number of nitrogens with zero attached hydrogens (tertiary/aromatic N) is 2. The van der Waals surface area contributed by atoms with Gasteiger partial charge in [0, 0.05) is 38.0 Å². The average Bonchev–Trinajstić information content (AvgIpc) is 2.74. The summed E-state index contributed by atoms with van der Waals surface area (Å²) in [5.41, 5.74) is 4.45. The molecule has 0 bridgehead atoms. The Morgan fingerprint density at radius 2 is 2.00 bits per heavy atom. The fourth-order valence-electron chi connectivity index (χ4n) is 4.91. The van der Waals surface area contributed by atoms with Crippen molar-refractivity contribution in [3.05, 3.63) is 65.5 Å². The Morgan fingerprint density at radius 3 is 2.74 bits per heavy atom.